The summed E-state index contributed by atoms with van der Waals surface area (Å²) in [5.74, 6) is -0.221. The summed E-state index contributed by atoms with van der Waals surface area (Å²) in [6.07, 6.45) is 4.18. The molecule has 1 aromatic carbocycles. The van der Waals surface area contributed by atoms with Gasteiger partial charge in [0.25, 0.3) is 0 Å². The SMILES string of the molecule is COc1ccc(N(CCC(N)(CCCCB(O)O)C(=O)O)C2CC2)cc1. The Hall–Kier alpha value is -1.77. The standard InChI is InChI=1S/C18H29BN2O5/c1-26-16-8-6-15(7-9-16)21(14-4-5-14)13-11-18(20,17(22)23)10-2-3-12-19(24)25/h6-9,14,24-25H,2-5,10-13,20H2,1H3,(H,22,23). The smallest absolute Gasteiger partial charge is 0.451 e. The number of hydrogen-bond acceptors (Lipinski definition) is 6. The molecule has 0 radical (unpaired) electrons. The van der Waals surface area contributed by atoms with Crippen molar-refractivity contribution in [1.29, 1.82) is 0 Å². The van der Waals surface area contributed by atoms with Crippen LogP contribution in [-0.2, 0) is 4.79 Å². The number of unbranched alkanes of at least 4 members (excludes halogenated alkanes) is 1. The Kier molecular flexibility index (Phi) is 7.31. The summed E-state index contributed by atoms with van der Waals surface area (Å²) >= 11 is 0. The summed E-state index contributed by atoms with van der Waals surface area (Å²) in [5, 5.41) is 27.4. The molecule has 7 nitrogen and oxygen atoms in total. The Labute approximate surface area is 154 Å². The minimum Gasteiger partial charge on any atom is -0.497 e. The maximum Gasteiger partial charge on any atom is 0.451 e. The van der Waals surface area contributed by atoms with Gasteiger partial charge in [-0.1, -0.05) is 12.8 Å². The van der Waals surface area contributed by atoms with Gasteiger partial charge in [-0.2, -0.15) is 0 Å². The summed E-state index contributed by atoms with van der Waals surface area (Å²) in [5.41, 5.74) is 5.92. The Morgan fingerprint density at radius 3 is 2.42 bits per heavy atom. The second kappa shape index (κ2) is 9.25. The Morgan fingerprint density at radius 2 is 1.92 bits per heavy atom. The van der Waals surface area contributed by atoms with Crippen LogP contribution < -0.4 is 15.4 Å². The first kappa shape index (κ1) is 20.5. The number of benzene rings is 1. The molecule has 0 aliphatic heterocycles. The minimum absolute atomic E-state index is 0.232. The monoisotopic (exact) mass is 364 g/mol. The van der Waals surface area contributed by atoms with Crippen LogP contribution in [0.5, 0.6) is 5.75 Å². The molecule has 0 bridgehead atoms. The van der Waals surface area contributed by atoms with E-state index in [0.717, 1.165) is 24.3 Å². The quantitative estimate of drug-likeness (QED) is 0.328. The molecule has 0 heterocycles. The highest BCUT2D eigenvalue weighted by Gasteiger charge is 2.36. The molecule has 1 fully saturated rings. The van der Waals surface area contributed by atoms with E-state index in [9.17, 15) is 9.90 Å². The normalized spacial score (nSPS) is 16.0. The molecule has 144 valence electrons. The summed E-state index contributed by atoms with van der Waals surface area (Å²) in [4.78, 5) is 13.9. The lowest BCUT2D eigenvalue weighted by Gasteiger charge is -2.31. The lowest BCUT2D eigenvalue weighted by molar-refractivity contribution is -0.143. The first-order valence-electron chi connectivity index (χ1n) is 9.15. The molecule has 5 N–H and O–H groups in total. The number of ether oxygens (including phenoxy) is 1. The third-order valence-electron chi connectivity index (χ3n) is 4.95. The van der Waals surface area contributed by atoms with Crippen molar-refractivity contribution in [3.63, 3.8) is 0 Å². The number of methoxy groups -OCH3 is 1. The van der Waals surface area contributed by atoms with Gasteiger partial charge in [-0.25, -0.2) is 0 Å². The van der Waals surface area contributed by atoms with Gasteiger partial charge in [0.05, 0.1) is 7.11 Å². The highest BCUT2D eigenvalue weighted by Crippen LogP contribution is 2.33. The average molecular weight is 364 g/mol. The number of carbonyl (C=O) groups is 1. The molecule has 1 aliphatic rings. The fourth-order valence-corrected chi connectivity index (χ4v) is 3.11. The van der Waals surface area contributed by atoms with Crippen molar-refractivity contribution in [2.75, 3.05) is 18.6 Å². The number of aliphatic carboxylic acids is 1. The molecule has 0 saturated heterocycles. The van der Waals surface area contributed by atoms with Crippen molar-refractivity contribution in [3.05, 3.63) is 24.3 Å². The molecule has 0 amide bonds. The molecule has 1 aliphatic carbocycles. The molecular weight excluding hydrogens is 335 g/mol. The van der Waals surface area contributed by atoms with Crippen LogP contribution in [0, 0.1) is 0 Å². The Morgan fingerprint density at radius 1 is 1.27 bits per heavy atom. The van der Waals surface area contributed by atoms with Crippen LogP contribution in [0.25, 0.3) is 0 Å². The van der Waals surface area contributed by atoms with Gasteiger partial charge in [0.15, 0.2) is 0 Å². The summed E-state index contributed by atoms with van der Waals surface area (Å²) in [7, 11) is 0.270. The fourth-order valence-electron chi connectivity index (χ4n) is 3.11. The van der Waals surface area contributed by atoms with E-state index in [-0.39, 0.29) is 6.32 Å². The van der Waals surface area contributed by atoms with Crippen molar-refractivity contribution in [2.24, 2.45) is 5.73 Å². The lowest BCUT2D eigenvalue weighted by atomic mass is 9.81. The van der Waals surface area contributed by atoms with Crippen LogP contribution >= 0.6 is 0 Å². The van der Waals surface area contributed by atoms with Gasteiger partial charge in [0, 0.05) is 18.3 Å². The van der Waals surface area contributed by atoms with E-state index >= 15 is 0 Å². The largest absolute Gasteiger partial charge is 0.497 e. The van der Waals surface area contributed by atoms with E-state index in [1.807, 2.05) is 24.3 Å². The van der Waals surface area contributed by atoms with Gasteiger partial charge in [-0.05, 0) is 56.3 Å². The Bertz CT molecular complexity index is 579. The maximum atomic E-state index is 11.7. The van der Waals surface area contributed by atoms with Crippen molar-refractivity contribution < 1.29 is 24.7 Å². The van der Waals surface area contributed by atoms with Crippen LogP contribution in [-0.4, -0.2) is 53.5 Å². The first-order valence-corrected chi connectivity index (χ1v) is 9.15. The van der Waals surface area contributed by atoms with Gasteiger partial charge >= 0.3 is 13.1 Å². The van der Waals surface area contributed by atoms with E-state index in [1.54, 1.807) is 7.11 Å². The number of hydrogen-bond donors (Lipinski definition) is 4. The number of carboxylic acids is 1. The van der Waals surface area contributed by atoms with Gasteiger partial charge in [-0.3, -0.25) is 4.79 Å². The van der Waals surface area contributed by atoms with Crippen molar-refractivity contribution in [1.82, 2.24) is 0 Å². The number of anilines is 1. The molecule has 2 rings (SSSR count). The zero-order valence-electron chi connectivity index (χ0n) is 15.3. The zero-order valence-corrected chi connectivity index (χ0v) is 15.3. The minimum atomic E-state index is -1.35. The van der Waals surface area contributed by atoms with Gasteiger partial charge in [0.1, 0.15) is 11.3 Å². The van der Waals surface area contributed by atoms with Crippen LogP contribution in [0.1, 0.15) is 38.5 Å². The van der Waals surface area contributed by atoms with Crippen LogP contribution in [0.4, 0.5) is 5.69 Å². The number of nitrogens with two attached hydrogens (primary N) is 1. The van der Waals surface area contributed by atoms with Gasteiger partial charge < -0.3 is 30.5 Å². The number of rotatable bonds is 12. The molecule has 1 saturated carbocycles. The predicted molar refractivity (Wildman–Crippen MR) is 101 cm³/mol. The van der Waals surface area contributed by atoms with Gasteiger partial charge in [-0.15, -0.1) is 0 Å². The molecule has 1 aromatic rings. The molecule has 8 heteroatoms. The highest BCUT2D eigenvalue weighted by atomic mass is 16.5. The number of nitrogens with zero attached hydrogens (tertiary/aromatic N) is 1. The van der Waals surface area contributed by atoms with Crippen molar-refractivity contribution in [2.45, 2.75) is 56.4 Å². The predicted octanol–water partition coefficient (Wildman–Crippen LogP) is 1.48. The molecule has 26 heavy (non-hydrogen) atoms. The lowest BCUT2D eigenvalue weighted by Crippen LogP contribution is -2.50. The molecule has 1 atom stereocenters. The number of carboxylic acid groups (broad SMARTS) is 1. The fraction of sp³-hybridized carbons (Fsp3) is 0.611. The topological polar surface area (TPSA) is 116 Å². The van der Waals surface area contributed by atoms with Crippen LogP contribution in [0.15, 0.2) is 24.3 Å². The van der Waals surface area contributed by atoms with Gasteiger partial charge in [0.2, 0.25) is 0 Å². The van der Waals surface area contributed by atoms with E-state index in [4.69, 9.17) is 20.5 Å². The Balaban J connectivity index is 1.96. The maximum absolute atomic E-state index is 11.7. The molecular formula is C18H29BN2O5. The van der Waals surface area contributed by atoms with E-state index in [0.29, 0.717) is 38.3 Å². The summed E-state index contributed by atoms with van der Waals surface area (Å²) in [6.45, 7) is 0.572. The zero-order chi connectivity index (χ0) is 19.2. The second-order valence-corrected chi connectivity index (χ2v) is 7.06. The average Bonchev–Trinajstić information content (AvgIpc) is 3.44. The van der Waals surface area contributed by atoms with E-state index in [2.05, 4.69) is 4.90 Å². The molecule has 0 aromatic heterocycles. The van der Waals surface area contributed by atoms with E-state index in [1.165, 1.54) is 0 Å². The van der Waals surface area contributed by atoms with Crippen LogP contribution in [0.3, 0.4) is 0 Å². The van der Waals surface area contributed by atoms with Crippen molar-refractivity contribution >= 4 is 18.8 Å². The highest BCUT2D eigenvalue weighted by molar-refractivity contribution is 6.40. The third-order valence-corrected chi connectivity index (χ3v) is 4.95. The summed E-state index contributed by atoms with van der Waals surface area (Å²) < 4.78 is 5.19. The molecule has 0 spiro atoms. The first-order chi connectivity index (χ1) is 12.4. The molecule has 1 unspecified atom stereocenters. The summed E-state index contributed by atoms with van der Waals surface area (Å²) in [6, 6.07) is 8.21. The van der Waals surface area contributed by atoms with E-state index < -0.39 is 18.6 Å². The second-order valence-electron chi connectivity index (χ2n) is 7.06. The van der Waals surface area contributed by atoms with Crippen LogP contribution in [0.2, 0.25) is 6.32 Å². The van der Waals surface area contributed by atoms with Crippen molar-refractivity contribution in [3.8, 4) is 5.75 Å². The third kappa shape index (κ3) is 5.90.